The van der Waals surface area contributed by atoms with Crippen LogP contribution >= 0.6 is 7.75 Å². The predicted molar refractivity (Wildman–Crippen MR) is 125 cm³/mol. The molecule has 6 atom stereocenters. The minimum absolute atomic E-state index is 0.154. The summed E-state index contributed by atoms with van der Waals surface area (Å²) in [6, 6.07) is 7.91. The lowest BCUT2D eigenvalue weighted by Gasteiger charge is -2.27. The minimum Gasteiger partial charge on any atom is -0.468 e. The Hall–Kier alpha value is -2.83. The number of aliphatic hydroxyl groups is 1. The quantitative estimate of drug-likeness (QED) is 0.304. The van der Waals surface area contributed by atoms with Gasteiger partial charge in [0.1, 0.15) is 24.0 Å². The van der Waals surface area contributed by atoms with Gasteiger partial charge in [-0.3, -0.25) is 23.7 Å². The van der Waals surface area contributed by atoms with Gasteiger partial charge in [-0.25, -0.2) is 13.8 Å². The SMILES string of the molecule is COC(=O)[C@@H](NP(=O)(OC[C@H]1O[C@@H](n2ccc(=O)[nH]c2=O)C(C)(F)[C@@H]1O)Oc1ccccc1)C(C)C. The number of rotatable bonds is 10. The Balaban J connectivity index is 1.85. The molecule has 36 heavy (non-hydrogen) atoms. The average molecular weight is 529 g/mol. The summed E-state index contributed by atoms with van der Waals surface area (Å²) in [6.45, 7) is 3.75. The number of aromatic nitrogens is 2. The first-order chi connectivity index (χ1) is 16.9. The zero-order chi connectivity index (χ0) is 26.7. The Bertz CT molecular complexity index is 1220. The number of nitrogens with zero attached hydrogens (tertiary/aromatic N) is 1. The highest BCUT2D eigenvalue weighted by molar-refractivity contribution is 7.52. The highest BCUT2D eigenvalue weighted by Gasteiger charge is 2.56. The van der Waals surface area contributed by atoms with E-state index < -0.39 is 61.7 Å². The second-order valence-corrected chi connectivity index (χ2v) is 10.4. The van der Waals surface area contributed by atoms with Crippen LogP contribution in [-0.4, -0.2) is 58.3 Å². The van der Waals surface area contributed by atoms with Gasteiger partial charge < -0.3 is 19.1 Å². The summed E-state index contributed by atoms with van der Waals surface area (Å²) in [4.78, 5) is 37.8. The predicted octanol–water partition coefficient (Wildman–Crippen LogP) is 1.51. The molecule has 2 heterocycles. The van der Waals surface area contributed by atoms with Crippen molar-refractivity contribution in [3.8, 4) is 5.75 Å². The number of H-pyrrole nitrogens is 1. The number of carbonyl (C=O) groups excluding carboxylic acids is 1. The number of hydrogen-bond acceptors (Lipinski definition) is 9. The molecule has 1 aromatic carbocycles. The first kappa shape index (κ1) is 27.8. The summed E-state index contributed by atoms with van der Waals surface area (Å²) in [7, 11) is -3.15. The highest BCUT2D eigenvalue weighted by Crippen LogP contribution is 2.47. The summed E-state index contributed by atoms with van der Waals surface area (Å²) in [5, 5.41) is 13.1. The molecule has 3 N–H and O–H groups in total. The van der Waals surface area contributed by atoms with Crippen molar-refractivity contribution in [2.75, 3.05) is 13.7 Å². The summed E-state index contributed by atoms with van der Waals surface area (Å²) in [5.41, 5.74) is -4.12. The minimum atomic E-state index is -4.33. The van der Waals surface area contributed by atoms with Gasteiger partial charge in [0.2, 0.25) is 0 Å². The molecular formula is C22H29FN3O9P. The summed E-state index contributed by atoms with van der Waals surface area (Å²) < 4.78 is 51.3. The highest BCUT2D eigenvalue weighted by atomic mass is 31.2. The van der Waals surface area contributed by atoms with Gasteiger partial charge in [-0.05, 0) is 25.0 Å². The third-order valence-corrected chi connectivity index (χ3v) is 7.15. The fourth-order valence-corrected chi connectivity index (χ4v) is 5.28. The van der Waals surface area contributed by atoms with E-state index in [1.807, 2.05) is 4.98 Å². The van der Waals surface area contributed by atoms with Gasteiger partial charge in [-0.2, -0.15) is 5.09 Å². The fraction of sp³-hybridized carbons (Fsp3) is 0.500. The third-order valence-electron chi connectivity index (χ3n) is 5.62. The second-order valence-electron chi connectivity index (χ2n) is 8.71. The van der Waals surface area contributed by atoms with Crippen LogP contribution in [0.5, 0.6) is 5.75 Å². The van der Waals surface area contributed by atoms with E-state index in [0.29, 0.717) is 0 Å². The van der Waals surface area contributed by atoms with Crippen molar-refractivity contribution in [2.24, 2.45) is 5.92 Å². The second kappa shape index (κ2) is 11.1. The first-order valence-corrected chi connectivity index (χ1v) is 12.6. The molecule has 1 aliphatic rings. The van der Waals surface area contributed by atoms with Crippen LogP contribution in [0.2, 0.25) is 0 Å². The third kappa shape index (κ3) is 6.11. The van der Waals surface area contributed by atoms with Gasteiger partial charge in [-0.15, -0.1) is 0 Å². The molecule has 1 aromatic heterocycles. The smallest absolute Gasteiger partial charge is 0.459 e. The molecule has 1 saturated heterocycles. The number of aliphatic hydroxyl groups excluding tert-OH is 1. The molecule has 0 radical (unpaired) electrons. The average Bonchev–Trinajstić information content (AvgIpc) is 3.05. The van der Waals surface area contributed by atoms with Crippen molar-refractivity contribution in [1.29, 1.82) is 0 Å². The molecule has 198 valence electrons. The summed E-state index contributed by atoms with van der Waals surface area (Å²) >= 11 is 0. The van der Waals surface area contributed by atoms with Gasteiger partial charge in [0, 0.05) is 12.3 Å². The summed E-state index contributed by atoms with van der Waals surface area (Å²) in [5.74, 6) is -0.939. The normalized spacial score (nSPS) is 26.4. The molecule has 2 aromatic rings. The van der Waals surface area contributed by atoms with Crippen LogP contribution in [0.25, 0.3) is 0 Å². The van der Waals surface area contributed by atoms with Crippen molar-refractivity contribution in [3.63, 3.8) is 0 Å². The van der Waals surface area contributed by atoms with Crippen molar-refractivity contribution in [1.82, 2.24) is 14.6 Å². The van der Waals surface area contributed by atoms with E-state index in [0.717, 1.165) is 23.8 Å². The molecule has 2 unspecified atom stereocenters. The van der Waals surface area contributed by atoms with Gasteiger partial charge in [0.25, 0.3) is 5.56 Å². The standard InChI is InChI=1S/C22H29FN3O9P/c1-13(2)17(19(29)32-4)25-36(31,35-14-8-6-5-7-9-14)33-12-15-18(28)22(3,23)20(34-15)26-11-10-16(27)24-21(26)30/h5-11,13,15,17-18,20,28H,12H2,1-4H3,(H,25,31)(H,24,27,30)/t15-,17+,18-,20-,22?,36?/m1/s1. The number of ether oxygens (including phenoxy) is 2. The topological polar surface area (TPSA) is 158 Å². The Morgan fingerprint density at radius 2 is 1.97 bits per heavy atom. The zero-order valence-electron chi connectivity index (χ0n) is 20.1. The van der Waals surface area contributed by atoms with E-state index in [1.54, 1.807) is 32.0 Å². The molecule has 1 aliphatic heterocycles. The van der Waals surface area contributed by atoms with Crippen LogP contribution in [-0.2, 0) is 23.4 Å². The molecule has 3 rings (SSSR count). The van der Waals surface area contributed by atoms with E-state index in [1.165, 1.54) is 19.2 Å². The first-order valence-electron chi connectivity index (χ1n) is 11.1. The maximum Gasteiger partial charge on any atom is 0.459 e. The molecule has 0 amide bonds. The maximum atomic E-state index is 15.5. The van der Waals surface area contributed by atoms with Crippen LogP contribution in [0.1, 0.15) is 27.0 Å². The molecule has 0 spiro atoms. The number of para-hydroxylation sites is 1. The lowest BCUT2D eigenvalue weighted by Crippen LogP contribution is -2.44. The monoisotopic (exact) mass is 529 g/mol. The maximum absolute atomic E-state index is 15.5. The van der Waals surface area contributed by atoms with Crippen molar-refractivity contribution < 1.29 is 37.4 Å². The zero-order valence-corrected chi connectivity index (χ0v) is 21.0. The lowest BCUT2D eigenvalue weighted by molar-refractivity contribution is -0.143. The molecule has 12 nitrogen and oxygen atoms in total. The number of benzene rings is 1. The molecule has 14 heteroatoms. The molecule has 0 saturated carbocycles. The Morgan fingerprint density at radius 3 is 2.56 bits per heavy atom. The van der Waals surface area contributed by atoms with Crippen LogP contribution in [0.15, 0.2) is 52.2 Å². The van der Waals surface area contributed by atoms with E-state index in [9.17, 15) is 24.1 Å². The molecule has 1 fully saturated rings. The Labute approximate surface area is 205 Å². The van der Waals surface area contributed by atoms with Gasteiger partial charge in [-0.1, -0.05) is 32.0 Å². The molecule has 0 aliphatic carbocycles. The number of esters is 1. The number of carbonyl (C=O) groups is 1. The Morgan fingerprint density at radius 1 is 1.31 bits per heavy atom. The van der Waals surface area contributed by atoms with Crippen LogP contribution in [0, 0.1) is 5.92 Å². The van der Waals surface area contributed by atoms with Crippen molar-refractivity contribution in [2.45, 2.75) is 50.9 Å². The van der Waals surface area contributed by atoms with E-state index in [4.69, 9.17) is 18.5 Å². The summed E-state index contributed by atoms with van der Waals surface area (Å²) in [6.07, 6.45) is -3.79. The van der Waals surface area contributed by atoms with Crippen molar-refractivity contribution in [3.05, 3.63) is 63.4 Å². The van der Waals surface area contributed by atoms with Crippen LogP contribution < -0.4 is 20.9 Å². The van der Waals surface area contributed by atoms with E-state index in [2.05, 4.69) is 5.09 Å². The van der Waals surface area contributed by atoms with Crippen molar-refractivity contribution >= 4 is 13.7 Å². The largest absolute Gasteiger partial charge is 0.468 e. The Kier molecular flexibility index (Phi) is 8.52. The molecule has 0 bridgehead atoms. The number of methoxy groups -OCH3 is 1. The van der Waals surface area contributed by atoms with E-state index >= 15 is 4.39 Å². The number of halogens is 1. The number of aromatic amines is 1. The number of alkyl halides is 1. The van der Waals surface area contributed by atoms with E-state index in [-0.39, 0.29) is 11.7 Å². The van der Waals surface area contributed by atoms with Gasteiger partial charge >= 0.3 is 19.4 Å². The van der Waals surface area contributed by atoms with Crippen LogP contribution in [0.4, 0.5) is 4.39 Å². The lowest BCUT2D eigenvalue weighted by atomic mass is 9.98. The molecular weight excluding hydrogens is 500 g/mol. The number of nitrogens with one attached hydrogen (secondary N) is 2. The van der Waals surface area contributed by atoms with Gasteiger partial charge in [0.05, 0.1) is 13.7 Å². The van der Waals surface area contributed by atoms with Gasteiger partial charge in [0.15, 0.2) is 11.9 Å². The van der Waals surface area contributed by atoms with Crippen LogP contribution in [0.3, 0.4) is 0 Å². The fourth-order valence-electron chi connectivity index (χ4n) is 3.62. The number of hydrogen-bond donors (Lipinski definition) is 3.